The molecule has 1 aliphatic heterocycles. The number of rotatable bonds is 5. The van der Waals surface area contributed by atoms with E-state index in [4.69, 9.17) is 21.1 Å². The zero-order valence-electron chi connectivity index (χ0n) is 17.0. The van der Waals surface area contributed by atoms with E-state index >= 15 is 0 Å². The molecule has 32 heavy (non-hydrogen) atoms. The van der Waals surface area contributed by atoms with Crippen molar-refractivity contribution in [3.63, 3.8) is 0 Å². The number of aliphatic hydroxyl groups excluding tert-OH is 1. The minimum atomic E-state index is -0.712. The van der Waals surface area contributed by atoms with Crippen molar-refractivity contribution < 1.29 is 19.4 Å². The molecule has 1 aliphatic rings. The van der Waals surface area contributed by atoms with Gasteiger partial charge in [-0.15, -0.1) is 0 Å². The van der Waals surface area contributed by atoms with Gasteiger partial charge in [-0.05, 0) is 24.3 Å². The Bertz CT molecular complexity index is 1300. The van der Waals surface area contributed by atoms with Crippen molar-refractivity contribution in [1.82, 2.24) is 24.4 Å². The largest absolute Gasteiger partial charge is 0.496 e. The van der Waals surface area contributed by atoms with Crippen molar-refractivity contribution >= 4 is 28.8 Å². The van der Waals surface area contributed by atoms with E-state index in [-0.39, 0.29) is 12.6 Å². The number of carbonyl (C=O) groups is 1. The summed E-state index contributed by atoms with van der Waals surface area (Å²) < 4.78 is 14.0. The molecule has 0 aliphatic carbocycles. The maximum Gasteiger partial charge on any atom is 0.261 e. The van der Waals surface area contributed by atoms with Crippen molar-refractivity contribution in [2.24, 2.45) is 0 Å². The highest BCUT2D eigenvalue weighted by Gasteiger charge is 2.30. The van der Waals surface area contributed by atoms with Crippen molar-refractivity contribution in [2.75, 3.05) is 25.6 Å². The van der Waals surface area contributed by atoms with Gasteiger partial charge < -0.3 is 19.9 Å². The fourth-order valence-electron chi connectivity index (χ4n) is 3.68. The van der Waals surface area contributed by atoms with Crippen molar-refractivity contribution in [3.05, 3.63) is 59.6 Å². The van der Waals surface area contributed by atoms with E-state index in [2.05, 4.69) is 20.5 Å². The zero-order chi connectivity index (χ0) is 22.2. The topological polar surface area (TPSA) is 116 Å². The van der Waals surface area contributed by atoms with Gasteiger partial charge in [0.25, 0.3) is 5.91 Å². The molecule has 1 amide bonds. The Balaban J connectivity index is 1.58. The summed E-state index contributed by atoms with van der Waals surface area (Å²) in [7, 11) is 1.54. The van der Waals surface area contributed by atoms with E-state index in [1.54, 1.807) is 54.6 Å². The molecule has 5 rings (SSSR count). The number of nitrogens with zero attached hydrogens (tertiary/aromatic N) is 5. The lowest BCUT2D eigenvalue weighted by Crippen LogP contribution is -2.22. The van der Waals surface area contributed by atoms with Gasteiger partial charge in [-0.2, -0.15) is 10.2 Å². The number of aliphatic hydroxyl groups is 1. The molecule has 0 spiro atoms. The minimum absolute atomic E-state index is 0.218. The Labute approximate surface area is 187 Å². The fourth-order valence-corrected chi connectivity index (χ4v) is 3.85. The molecule has 164 valence electrons. The summed E-state index contributed by atoms with van der Waals surface area (Å²) in [4.78, 5) is 17.3. The predicted molar refractivity (Wildman–Crippen MR) is 116 cm³/mol. The van der Waals surface area contributed by atoms with Gasteiger partial charge in [0.1, 0.15) is 29.2 Å². The monoisotopic (exact) mass is 454 g/mol. The number of benzene rings is 1. The average Bonchev–Trinajstić information content (AvgIpc) is 3.51. The molecule has 2 atom stereocenters. The molecule has 1 unspecified atom stereocenters. The smallest absolute Gasteiger partial charge is 0.261 e. The molecular weight excluding hydrogens is 436 g/mol. The lowest BCUT2D eigenvalue weighted by atomic mass is 10.1. The fraction of sp³-hybridized carbons (Fsp3) is 0.238. The van der Waals surface area contributed by atoms with Crippen LogP contribution in [0.4, 0.5) is 5.69 Å². The van der Waals surface area contributed by atoms with Crippen molar-refractivity contribution in [3.8, 4) is 17.0 Å². The van der Waals surface area contributed by atoms with Gasteiger partial charge >= 0.3 is 0 Å². The van der Waals surface area contributed by atoms with Crippen LogP contribution in [0.5, 0.6) is 5.75 Å². The number of carbonyl (C=O) groups excluding carboxylic acids is 1. The van der Waals surface area contributed by atoms with E-state index in [0.29, 0.717) is 45.5 Å². The average molecular weight is 455 g/mol. The summed E-state index contributed by atoms with van der Waals surface area (Å²) in [5.74, 6) is 0.139. The van der Waals surface area contributed by atoms with Gasteiger partial charge in [0, 0.05) is 29.2 Å². The van der Waals surface area contributed by atoms with Crippen LogP contribution in [0.2, 0.25) is 5.02 Å². The van der Waals surface area contributed by atoms with Gasteiger partial charge in [-0.3, -0.25) is 9.48 Å². The summed E-state index contributed by atoms with van der Waals surface area (Å²) in [6, 6.07) is 6.48. The lowest BCUT2D eigenvalue weighted by Gasteiger charge is -2.12. The number of methoxy groups -OCH3 is 1. The van der Waals surface area contributed by atoms with E-state index in [0.717, 1.165) is 0 Å². The molecule has 1 saturated heterocycles. The highest BCUT2D eigenvalue weighted by Crippen LogP contribution is 2.37. The Hall–Kier alpha value is -3.47. The van der Waals surface area contributed by atoms with Gasteiger partial charge in [-0.1, -0.05) is 11.6 Å². The normalized spacial score (nSPS) is 18.2. The lowest BCUT2D eigenvalue weighted by molar-refractivity contribution is 0.102. The SMILES string of the molecule is COc1ccc(Cl)cc1-c1nn([C@H]2COCC2O)cc1NC(=O)c1cnn2cccnc12. The van der Waals surface area contributed by atoms with Gasteiger partial charge in [0.15, 0.2) is 5.65 Å². The van der Waals surface area contributed by atoms with Crippen LogP contribution in [0.25, 0.3) is 16.9 Å². The van der Waals surface area contributed by atoms with Crippen molar-refractivity contribution in [1.29, 1.82) is 0 Å². The second-order valence-electron chi connectivity index (χ2n) is 7.29. The zero-order valence-corrected chi connectivity index (χ0v) is 17.7. The third-order valence-electron chi connectivity index (χ3n) is 5.28. The predicted octanol–water partition coefficient (Wildman–Crippen LogP) is 2.44. The molecule has 1 aromatic carbocycles. The van der Waals surface area contributed by atoms with Gasteiger partial charge in [-0.25, -0.2) is 9.50 Å². The summed E-state index contributed by atoms with van der Waals surface area (Å²) in [6.45, 7) is 0.524. The molecule has 0 radical (unpaired) electrons. The first-order valence-corrected chi connectivity index (χ1v) is 10.2. The van der Waals surface area contributed by atoms with E-state index in [9.17, 15) is 9.90 Å². The minimum Gasteiger partial charge on any atom is -0.496 e. The van der Waals surface area contributed by atoms with Crippen LogP contribution >= 0.6 is 11.6 Å². The Morgan fingerprint density at radius 2 is 2.25 bits per heavy atom. The van der Waals surface area contributed by atoms with Crippen LogP contribution in [-0.4, -0.2) is 61.8 Å². The van der Waals surface area contributed by atoms with Crippen LogP contribution in [0.1, 0.15) is 16.4 Å². The highest BCUT2D eigenvalue weighted by molar-refractivity contribution is 6.31. The molecule has 11 heteroatoms. The Morgan fingerprint density at radius 3 is 3.03 bits per heavy atom. The summed E-state index contributed by atoms with van der Waals surface area (Å²) >= 11 is 6.23. The maximum atomic E-state index is 13.1. The number of ether oxygens (including phenoxy) is 2. The van der Waals surface area contributed by atoms with Crippen LogP contribution in [0.3, 0.4) is 0 Å². The standard InChI is InChI=1S/C21H19ClN6O4/c1-31-18-4-3-12(22)7-13(18)19-15(9-28(26-19)16-10-32-11-17(16)29)25-21(30)14-8-24-27-6-2-5-23-20(14)27/h2-9,16-17,29H,10-11H2,1H3,(H,25,30)/t16-,17?/m0/s1. The number of halogens is 1. The first-order chi connectivity index (χ1) is 15.5. The summed E-state index contributed by atoms with van der Waals surface area (Å²) in [5.41, 5.74) is 2.21. The Kier molecular flexibility index (Phi) is 5.25. The second-order valence-corrected chi connectivity index (χ2v) is 7.72. The third-order valence-corrected chi connectivity index (χ3v) is 5.52. The van der Waals surface area contributed by atoms with E-state index in [1.165, 1.54) is 10.7 Å². The molecule has 2 N–H and O–H groups in total. The van der Waals surface area contributed by atoms with Crippen LogP contribution in [0, 0.1) is 0 Å². The molecule has 10 nitrogen and oxygen atoms in total. The highest BCUT2D eigenvalue weighted by atomic mass is 35.5. The summed E-state index contributed by atoms with van der Waals surface area (Å²) in [6.07, 6.45) is 5.71. The number of amides is 1. The first kappa shape index (κ1) is 20.4. The quantitative estimate of drug-likeness (QED) is 0.475. The number of nitrogens with one attached hydrogen (secondary N) is 1. The first-order valence-electron chi connectivity index (χ1n) is 9.83. The third kappa shape index (κ3) is 3.58. The van der Waals surface area contributed by atoms with Crippen molar-refractivity contribution in [2.45, 2.75) is 12.1 Å². The molecule has 1 fully saturated rings. The molecule has 4 aromatic rings. The van der Waals surface area contributed by atoms with Crippen LogP contribution < -0.4 is 10.1 Å². The number of hydrogen-bond donors (Lipinski definition) is 2. The molecular formula is C21H19ClN6O4. The van der Waals surface area contributed by atoms with Gasteiger partial charge in [0.05, 0.1) is 32.2 Å². The number of fused-ring (bicyclic) bond motifs is 1. The van der Waals surface area contributed by atoms with E-state index < -0.39 is 12.0 Å². The van der Waals surface area contributed by atoms with Gasteiger partial charge in [0.2, 0.25) is 0 Å². The molecule has 4 heterocycles. The Morgan fingerprint density at radius 1 is 1.38 bits per heavy atom. The summed E-state index contributed by atoms with van der Waals surface area (Å²) in [5, 5.41) is 22.5. The number of aromatic nitrogens is 5. The van der Waals surface area contributed by atoms with E-state index in [1.807, 2.05) is 0 Å². The maximum absolute atomic E-state index is 13.1. The van der Waals surface area contributed by atoms with Crippen LogP contribution in [0.15, 0.2) is 49.1 Å². The molecule has 3 aromatic heterocycles. The number of hydrogen-bond acceptors (Lipinski definition) is 7. The van der Waals surface area contributed by atoms with Crippen LogP contribution in [-0.2, 0) is 4.74 Å². The molecule has 0 saturated carbocycles. The number of anilines is 1. The second kappa shape index (κ2) is 8.23. The molecule has 0 bridgehead atoms.